The normalized spacial score (nSPS) is 15.5. The van der Waals surface area contributed by atoms with Crippen molar-refractivity contribution in [2.24, 2.45) is 0 Å². The summed E-state index contributed by atoms with van der Waals surface area (Å²) in [4.78, 5) is 32.9. The maximum absolute atomic E-state index is 13.0. The third kappa shape index (κ3) is 4.08. The summed E-state index contributed by atoms with van der Waals surface area (Å²) in [7, 11) is 0. The summed E-state index contributed by atoms with van der Waals surface area (Å²) in [5, 5.41) is 1.00. The van der Waals surface area contributed by atoms with Crippen molar-refractivity contribution in [3.05, 3.63) is 70.3 Å². The number of hydrogen-bond donors (Lipinski definition) is 1. The molecule has 1 atom stereocenters. The molecule has 0 saturated carbocycles. The molecule has 2 heterocycles. The van der Waals surface area contributed by atoms with Crippen LogP contribution in [0.5, 0.6) is 0 Å². The number of benzene rings is 2. The van der Waals surface area contributed by atoms with E-state index in [0.29, 0.717) is 31.9 Å². The minimum Gasteiger partial charge on any atom is -0.351 e. The van der Waals surface area contributed by atoms with Crippen LogP contribution in [0.25, 0.3) is 10.9 Å². The first-order valence-corrected chi connectivity index (χ1v) is 10.8. The predicted molar refractivity (Wildman–Crippen MR) is 118 cm³/mol. The number of carbonyl (C=O) groups is 2. The molecule has 150 valence electrons. The van der Waals surface area contributed by atoms with Gasteiger partial charge in [-0.05, 0) is 36.2 Å². The van der Waals surface area contributed by atoms with Gasteiger partial charge in [0.05, 0.1) is 5.92 Å². The van der Waals surface area contributed by atoms with Gasteiger partial charge in [0.25, 0.3) is 5.91 Å². The summed E-state index contributed by atoms with van der Waals surface area (Å²) >= 11 is 3.46. The van der Waals surface area contributed by atoms with Gasteiger partial charge >= 0.3 is 0 Å². The molecular weight excluding hydrogens is 430 g/mol. The fraction of sp³-hybridized carbons (Fsp3) is 0.304. The van der Waals surface area contributed by atoms with Gasteiger partial charge in [0.1, 0.15) is 5.69 Å². The van der Waals surface area contributed by atoms with Crippen LogP contribution in [0.15, 0.2) is 59.1 Å². The number of nitrogens with zero attached hydrogens (tertiary/aromatic N) is 2. The molecule has 1 unspecified atom stereocenters. The van der Waals surface area contributed by atoms with Crippen molar-refractivity contribution in [1.82, 2.24) is 14.8 Å². The molecule has 1 saturated heterocycles. The van der Waals surface area contributed by atoms with Crippen molar-refractivity contribution in [3.63, 3.8) is 0 Å². The van der Waals surface area contributed by atoms with E-state index in [1.807, 2.05) is 71.3 Å². The van der Waals surface area contributed by atoms with Gasteiger partial charge in [0.15, 0.2) is 0 Å². The van der Waals surface area contributed by atoms with Crippen LogP contribution < -0.4 is 0 Å². The molecule has 1 aromatic heterocycles. The number of halogens is 1. The highest BCUT2D eigenvalue weighted by Crippen LogP contribution is 2.24. The lowest BCUT2D eigenvalue weighted by atomic mass is 9.95. The number of nitrogens with one attached hydrogen (secondary N) is 1. The van der Waals surface area contributed by atoms with Crippen LogP contribution in [0.3, 0.4) is 0 Å². The fourth-order valence-electron chi connectivity index (χ4n) is 3.98. The molecule has 6 heteroatoms. The van der Waals surface area contributed by atoms with E-state index >= 15 is 0 Å². The Morgan fingerprint density at radius 2 is 1.69 bits per heavy atom. The number of rotatable bonds is 4. The van der Waals surface area contributed by atoms with Crippen LogP contribution in [0, 0.1) is 0 Å². The van der Waals surface area contributed by atoms with Crippen LogP contribution in [0.4, 0.5) is 0 Å². The van der Waals surface area contributed by atoms with Gasteiger partial charge in [-0.1, -0.05) is 53.2 Å². The topological polar surface area (TPSA) is 56.4 Å². The Hall–Kier alpha value is -2.60. The maximum Gasteiger partial charge on any atom is 0.270 e. The first kappa shape index (κ1) is 19.7. The van der Waals surface area contributed by atoms with Crippen molar-refractivity contribution in [3.8, 4) is 0 Å². The Morgan fingerprint density at radius 1 is 1.00 bits per heavy atom. The molecule has 2 aromatic carbocycles. The van der Waals surface area contributed by atoms with Gasteiger partial charge in [-0.25, -0.2) is 0 Å². The minimum absolute atomic E-state index is 0.0143. The van der Waals surface area contributed by atoms with Gasteiger partial charge in [-0.15, -0.1) is 0 Å². The van der Waals surface area contributed by atoms with Crippen LogP contribution in [0.1, 0.15) is 35.3 Å². The summed E-state index contributed by atoms with van der Waals surface area (Å²) < 4.78 is 0.985. The SMILES string of the molecule is CCC(C(=O)N1CCN(C(=O)c2cc3cc(Br)ccc3[nH]2)CC1)c1ccccc1. The third-order valence-electron chi connectivity index (χ3n) is 5.60. The Kier molecular flexibility index (Phi) is 5.72. The monoisotopic (exact) mass is 453 g/mol. The molecule has 1 aliphatic heterocycles. The van der Waals surface area contributed by atoms with Gasteiger partial charge in [0.2, 0.25) is 5.91 Å². The van der Waals surface area contributed by atoms with Gasteiger partial charge < -0.3 is 14.8 Å². The minimum atomic E-state index is -0.120. The number of aromatic amines is 1. The molecule has 3 aromatic rings. The summed E-state index contributed by atoms with van der Waals surface area (Å²) in [5.41, 5.74) is 2.59. The van der Waals surface area contributed by atoms with Crippen LogP contribution in [-0.4, -0.2) is 52.8 Å². The van der Waals surface area contributed by atoms with E-state index < -0.39 is 0 Å². The van der Waals surface area contributed by atoms with Crippen molar-refractivity contribution in [2.75, 3.05) is 26.2 Å². The van der Waals surface area contributed by atoms with Crippen LogP contribution in [0.2, 0.25) is 0 Å². The fourth-order valence-corrected chi connectivity index (χ4v) is 4.36. The zero-order valence-electron chi connectivity index (χ0n) is 16.4. The lowest BCUT2D eigenvalue weighted by molar-refractivity contribution is -0.134. The Balaban J connectivity index is 1.41. The Morgan fingerprint density at radius 3 is 2.38 bits per heavy atom. The first-order valence-electron chi connectivity index (χ1n) is 9.98. The van der Waals surface area contributed by atoms with E-state index in [1.165, 1.54) is 0 Å². The van der Waals surface area contributed by atoms with Crippen LogP contribution >= 0.6 is 15.9 Å². The average molecular weight is 454 g/mol. The number of piperazine rings is 1. The standard InChI is InChI=1S/C23H24BrN3O2/c1-2-19(16-6-4-3-5-7-16)22(28)26-10-12-27(13-11-26)23(29)21-15-17-14-18(24)8-9-20(17)25-21/h3-9,14-15,19,25H,2,10-13H2,1H3. The second kappa shape index (κ2) is 8.41. The zero-order chi connectivity index (χ0) is 20.4. The molecular formula is C23H24BrN3O2. The second-order valence-corrected chi connectivity index (χ2v) is 8.32. The van der Waals surface area contributed by atoms with E-state index in [4.69, 9.17) is 0 Å². The zero-order valence-corrected chi connectivity index (χ0v) is 18.0. The molecule has 29 heavy (non-hydrogen) atoms. The summed E-state index contributed by atoms with van der Waals surface area (Å²) in [5.74, 6) is 0.0198. The maximum atomic E-state index is 13.0. The highest BCUT2D eigenvalue weighted by Gasteiger charge is 2.29. The number of fused-ring (bicyclic) bond motifs is 1. The molecule has 4 rings (SSSR count). The predicted octanol–water partition coefficient (Wildman–Crippen LogP) is 4.41. The van der Waals surface area contributed by atoms with E-state index in [1.54, 1.807) is 0 Å². The number of amides is 2. The number of H-pyrrole nitrogens is 1. The van der Waals surface area contributed by atoms with E-state index in [0.717, 1.165) is 27.4 Å². The van der Waals surface area contributed by atoms with Crippen molar-refractivity contribution >= 4 is 38.6 Å². The molecule has 1 fully saturated rings. The van der Waals surface area contributed by atoms with Gasteiger partial charge in [0, 0.05) is 41.6 Å². The van der Waals surface area contributed by atoms with E-state index in [-0.39, 0.29) is 17.7 Å². The third-order valence-corrected chi connectivity index (χ3v) is 6.09. The quantitative estimate of drug-likeness (QED) is 0.635. The Labute approximate surface area is 178 Å². The van der Waals surface area contributed by atoms with E-state index in [2.05, 4.69) is 20.9 Å². The molecule has 1 N–H and O–H groups in total. The molecule has 2 amide bonds. The average Bonchev–Trinajstić information content (AvgIpc) is 3.18. The number of hydrogen-bond acceptors (Lipinski definition) is 2. The van der Waals surface area contributed by atoms with Crippen molar-refractivity contribution in [1.29, 1.82) is 0 Å². The summed E-state index contributed by atoms with van der Waals surface area (Å²) in [6, 6.07) is 17.7. The summed E-state index contributed by atoms with van der Waals surface area (Å²) in [6.07, 6.45) is 0.770. The number of carbonyl (C=O) groups excluding carboxylic acids is 2. The largest absolute Gasteiger partial charge is 0.351 e. The highest BCUT2D eigenvalue weighted by molar-refractivity contribution is 9.10. The molecule has 0 bridgehead atoms. The van der Waals surface area contributed by atoms with Crippen molar-refractivity contribution in [2.45, 2.75) is 19.3 Å². The lowest BCUT2D eigenvalue weighted by Crippen LogP contribution is -2.51. The van der Waals surface area contributed by atoms with E-state index in [9.17, 15) is 9.59 Å². The van der Waals surface area contributed by atoms with Crippen LogP contribution in [-0.2, 0) is 4.79 Å². The van der Waals surface area contributed by atoms with Gasteiger partial charge in [-0.2, -0.15) is 0 Å². The number of aromatic nitrogens is 1. The summed E-state index contributed by atoms with van der Waals surface area (Å²) in [6.45, 7) is 4.28. The highest BCUT2D eigenvalue weighted by atomic mass is 79.9. The first-order chi connectivity index (χ1) is 14.1. The molecule has 5 nitrogen and oxygen atoms in total. The smallest absolute Gasteiger partial charge is 0.270 e. The molecule has 0 aliphatic carbocycles. The second-order valence-electron chi connectivity index (χ2n) is 7.40. The lowest BCUT2D eigenvalue weighted by Gasteiger charge is -2.36. The molecule has 0 radical (unpaired) electrons. The molecule has 0 spiro atoms. The van der Waals surface area contributed by atoms with Gasteiger partial charge in [-0.3, -0.25) is 9.59 Å². The van der Waals surface area contributed by atoms with Crippen molar-refractivity contribution < 1.29 is 9.59 Å². The Bertz CT molecular complexity index is 1020. The molecule has 1 aliphatic rings.